The molecule has 1 N–H and O–H groups in total. The lowest BCUT2D eigenvalue weighted by Gasteiger charge is -2.36. The van der Waals surface area contributed by atoms with Crippen LogP contribution in [0.25, 0.3) is 11.0 Å². The standard InChI is InChI=1S/C18H21NO4/c1-10-5-4-6-14-12(3)16(23-15(10)14)17(20)19-9-13(18(21)22)8-7-11(19)2/h4-6,11,13H,7-9H2,1-3H3,(H,21,22). The zero-order chi connectivity index (χ0) is 16.7. The van der Waals surface area contributed by atoms with Gasteiger partial charge in [0.15, 0.2) is 5.76 Å². The molecular formula is C18H21NO4. The summed E-state index contributed by atoms with van der Waals surface area (Å²) in [4.78, 5) is 25.8. The lowest BCUT2D eigenvalue weighted by molar-refractivity contribution is -0.143. The molecular weight excluding hydrogens is 294 g/mol. The van der Waals surface area contributed by atoms with Crippen molar-refractivity contribution >= 4 is 22.8 Å². The van der Waals surface area contributed by atoms with E-state index in [1.54, 1.807) is 4.90 Å². The van der Waals surface area contributed by atoms with Crippen LogP contribution in [0.3, 0.4) is 0 Å². The van der Waals surface area contributed by atoms with Crippen LogP contribution in [0.2, 0.25) is 0 Å². The molecule has 2 aromatic rings. The van der Waals surface area contributed by atoms with Gasteiger partial charge in [-0.2, -0.15) is 0 Å². The van der Waals surface area contributed by atoms with Crippen molar-refractivity contribution in [3.05, 3.63) is 35.1 Å². The maximum atomic E-state index is 12.9. The molecule has 1 saturated heterocycles. The molecule has 0 aliphatic carbocycles. The van der Waals surface area contributed by atoms with Gasteiger partial charge in [-0.15, -0.1) is 0 Å². The van der Waals surface area contributed by atoms with Crippen LogP contribution < -0.4 is 0 Å². The number of para-hydroxylation sites is 1. The Labute approximate surface area is 134 Å². The van der Waals surface area contributed by atoms with E-state index in [0.29, 0.717) is 18.6 Å². The van der Waals surface area contributed by atoms with Crippen LogP contribution in [0.5, 0.6) is 0 Å². The predicted molar refractivity (Wildman–Crippen MR) is 86.5 cm³/mol. The molecule has 2 atom stereocenters. The van der Waals surface area contributed by atoms with Gasteiger partial charge in [0.25, 0.3) is 5.91 Å². The molecule has 1 aromatic heterocycles. The Morgan fingerprint density at radius 3 is 2.65 bits per heavy atom. The van der Waals surface area contributed by atoms with Crippen LogP contribution in [0.15, 0.2) is 22.6 Å². The summed E-state index contributed by atoms with van der Waals surface area (Å²) >= 11 is 0. The van der Waals surface area contributed by atoms with Crippen LogP contribution in [0, 0.1) is 19.8 Å². The van der Waals surface area contributed by atoms with Crippen molar-refractivity contribution in [2.24, 2.45) is 5.92 Å². The van der Waals surface area contributed by atoms with Gasteiger partial charge in [0.1, 0.15) is 5.58 Å². The molecule has 1 aliphatic heterocycles. The number of carbonyl (C=O) groups excluding carboxylic acids is 1. The highest BCUT2D eigenvalue weighted by Gasteiger charge is 2.35. The second kappa shape index (κ2) is 5.72. The third-order valence-electron chi connectivity index (χ3n) is 4.85. The molecule has 122 valence electrons. The topological polar surface area (TPSA) is 70.8 Å². The van der Waals surface area contributed by atoms with Crippen molar-refractivity contribution in [1.29, 1.82) is 0 Å². The van der Waals surface area contributed by atoms with Gasteiger partial charge in [-0.05, 0) is 39.2 Å². The number of likely N-dealkylation sites (tertiary alicyclic amines) is 1. The number of fused-ring (bicyclic) bond motifs is 1. The molecule has 5 heteroatoms. The number of carboxylic acid groups (broad SMARTS) is 1. The van der Waals surface area contributed by atoms with E-state index in [1.807, 2.05) is 39.0 Å². The molecule has 0 spiro atoms. The molecule has 23 heavy (non-hydrogen) atoms. The molecule has 2 heterocycles. The smallest absolute Gasteiger partial charge is 0.308 e. The number of aryl methyl sites for hydroxylation is 2. The Balaban J connectivity index is 1.98. The van der Waals surface area contributed by atoms with Gasteiger partial charge in [0.05, 0.1) is 5.92 Å². The van der Waals surface area contributed by atoms with Gasteiger partial charge < -0.3 is 14.4 Å². The van der Waals surface area contributed by atoms with Crippen LogP contribution in [-0.4, -0.2) is 34.5 Å². The molecule has 0 saturated carbocycles. The van der Waals surface area contributed by atoms with Gasteiger partial charge in [0.2, 0.25) is 0 Å². The minimum Gasteiger partial charge on any atom is -0.481 e. The Morgan fingerprint density at radius 2 is 2.00 bits per heavy atom. The first-order valence-electron chi connectivity index (χ1n) is 7.92. The highest BCUT2D eigenvalue weighted by Crippen LogP contribution is 2.31. The van der Waals surface area contributed by atoms with E-state index < -0.39 is 11.9 Å². The first-order valence-corrected chi connectivity index (χ1v) is 7.92. The summed E-state index contributed by atoms with van der Waals surface area (Å²) in [7, 11) is 0. The number of hydrogen-bond donors (Lipinski definition) is 1. The van der Waals surface area contributed by atoms with Crippen molar-refractivity contribution in [3.63, 3.8) is 0 Å². The van der Waals surface area contributed by atoms with Gasteiger partial charge in [0, 0.05) is 23.5 Å². The van der Waals surface area contributed by atoms with Gasteiger partial charge in [-0.3, -0.25) is 9.59 Å². The van der Waals surface area contributed by atoms with Crippen LogP contribution in [0.1, 0.15) is 41.4 Å². The number of rotatable bonds is 2. The maximum Gasteiger partial charge on any atom is 0.308 e. The van der Waals surface area contributed by atoms with Gasteiger partial charge in [-0.1, -0.05) is 18.2 Å². The third-order valence-corrected chi connectivity index (χ3v) is 4.85. The lowest BCUT2D eigenvalue weighted by atomic mass is 9.93. The number of aliphatic carboxylic acids is 1. The molecule has 0 radical (unpaired) electrons. The average Bonchev–Trinajstić information content (AvgIpc) is 2.86. The lowest BCUT2D eigenvalue weighted by Crippen LogP contribution is -2.47. The summed E-state index contributed by atoms with van der Waals surface area (Å²) in [6, 6.07) is 5.85. The van der Waals surface area contributed by atoms with Crippen molar-refractivity contribution in [3.8, 4) is 0 Å². The zero-order valence-corrected chi connectivity index (χ0v) is 13.6. The summed E-state index contributed by atoms with van der Waals surface area (Å²) in [6.45, 7) is 6.02. The molecule has 1 fully saturated rings. The summed E-state index contributed by atoms with van der Waals surface area (Å²) in [5, 5.41) is 10.2. The quantitative estimate of drug-likeness (QED) is 0.922. The Hall–Kier alpha value is -2.30. The average molecular weight is 315 g/mol. The number of amides is 1. The summed E-state index contributed by atoms with van der Waals surface area (Å²) < 4.78 is 5.85. The Morgan fingerprint density at radius 1 is 1.26 bits per heavy atom. The van der Waals surface area contributed by atoms with Crippen LogP contribution in [-0.2, 0) is 4.79 Å². The highest BCUT2D eigenvalue weighted by molar-refractivity contribution is 5.99. The number of piperidine rings is 1. The summed E-state index contributed by atoms with van der Waals surface area (Å²) in [5.74, 6) is -1.22. The Kier molecular flexibility index (Phi) is 3.88. The predicted octanol–water partition coefficient (Wildman–Crippen LogP) is 3.37. The van der Waals surface area contributed by atoms with Crippen LogP contribution >= 0.6 is 0 Å². The van der Waals surface area contributed by atoms with E-state index in [4.69, 9.17) is 4.42 Å². The highest BCUT2D eigenvalue weighted by atomic mass is 16.4. The molecule has 1 aliphatic rings. The number of hydrogen-bond acceptors (Lipinski definition) is 3. The molecule has 0 bridgehead atoms. The number of carboxylic acids is 1. The maximum absolute atomic E-state index is 12.9. The van der Waals surface area contributed by atoms with E-state index in [0.717, 1.165) is 22.1 Å². The monoisotopic (exact) mass is 315 g/mol. The fraction of sp³-hybridized carbons (Fsp3) is 0.444. The van der Waals surface area contributed by atoms with E-state index in [1.165, 1.54) is 0 Å². The number of nitrogens with zero attached hydrogens (tertiary/aromatic N) is 1. The van der Waals surface area contributed by atoms with E-state index >= 15 is 0 Å². The van der Waals surface area contributed by atoms with E-state index in [9.17, 15) is 14.7 Å². The molecule has 1 amide bonds. The molecule has 2 unspecified atom stereocenters. The minimum absolute atomic E-state index is 0.0202. The van der Waals surface area contributed by atoms with Crippen molar-refractivity contribution < 1.29 is 19.1 Å². The number of benzene rings is 1. The van der Waals surface area contributed by atoms with Crippen molar-refractivity contribution in [2.75, 3.05) is 6.54 Å². The van der Waals surface area contributed by atoms with Gasteiger partial charge in [-0.25, -0.2) is 0 Å². The van der Waals surface area contributed by atoms with Crippen molar-refractivity contribution in [1.82, 2.24) is 4.90 Å². The molecule has 5 nitrogen and oxygen atoms in total. The largest absolute Gasteiger partial charge is 0.481 e. The second-order valence-electron chi connectivity index (χ2n) is 6.43. The van der Waals surface area contributed by atoms with Crippen LogP contribution in [0.4, 0.5) is 0 Å². The Bertz CT molecular complexity index is 777. The third kappa shape index (κ3) is 2.60. The summed E-state index contributed by atoms with van der Waals surface area (Å²) in [6.07, 6.45) is 1.31. The number of carbonyl (C=O) groups is 2. The minimum atomic E-state index is -0.841. The van der Waals surface area contributed by atoms with Crippen molar-refractivity contribution in [2.45, 2.75) is 39.7 Å². The fourth-order valence-corrected chi connectivity index (χ4v) is 3.31. The molecule has 3 rings (SSSR count). The second-order valence-corrected chi connectivity index (χ2v) is 6.43. The normalized spacial score (nSPS) is 21.6. The van der Waals surface area contributed by atoms with Gasteiger partial charge >= 0.3 is 5.97 Å². The SMILES string of the molecule is Cc1c(C(=O)N2CC(C(=O)O)CCC2C)oc2c(C)cccc12. The first-order chi connectivity index (χ1) is 10.9. The fourth-order valence-electron chi connectivity index (χ4n) is 3.31. The number of furan rings is 1. The van der Waals surface area contributed by atoms with E-state index in [2.05, 4.69) is 0 Å². The van der Waals surface area contributed by atoms with E-state index in [-0.39, 0.29) is 18.5 Å². The first kappa shape index (κ1) is 15.6. The summed E-state index contributed by atoms with van der Waals surface area (Å²) in [5.41, 5.74) is 2.53. The molecule has 1 aromatic carbocycles. The zero-order valence-electron chi connectivity index (χ0n) is 13.6.